The van der Waals surface area contributed by atoms with Gasteiger partial charge in [0, 0.05) is 12.1 Å². The highest BCUT2D eigenvalue weighted by molar-refractivity contribution is 5.70. The SMILES string of the molecule is Cc1ccc(-c2nncnc2NCCO)cc1. The number of aromatic nitrogens is 3. The molecule has 0 radical (unpaired) electrons. The van der Waals surface area contributed by atoms with Crippen molar-refractivity contribution in [3.63, 3.8) is 0 Å². The molecule has 17 heavy (non-hydrogen) atoms. The first-order valence-corrected chi connectivity index (χ1v) is 5.40. The van der Waals surface area contributed by atoms with E-state index in [1.807, 2.05) is 31.2 Å². The number of nitrogens with zero attached hydrogens (tertiary/aromatic N) is 3. The Morgan fingerprint density at radius 1 is 1.24 bits per heavy atom. The molecule has 0 atom stereocenters. The molecule has 0 aliphatic rings. The highest BCUT2D eigenvalue weighted by atomic mass is 16.3. The number of aliphatic hydroxyl groups excluding tert-OH is 1. The van der Waals surface area contributed by atoms with Crippen LogP contribution in [0.2, 0.25) is 0 Å². The molecule has 0 spiro atoms. The van der Waals surface area contributed by atoms with Crippen molar-refractivity contribution in [2.24, 2.45) is 0 Å². The van der Waals surface area contributed by atoms with Crippen LogP contribution in [0.3, 0.4) is 0 Å². The Kier molecular flexibility index (Phi) is 3.62. The molecule has 0 unspecified atom stereocenters. The van der Waals surface area contributed by atoms with Crippen LogP contribution in [-0.4, -0.2) is 33.4 Å². The van der Waals surface area contributed by atoms with Crippen molar-refractivity contribution >= 4 is 5.82 Å². The smallest absolute Gasteiger partial charge is 0.156 e. The minimum Gasteiger partial charge on any atom is -0.395 e. The molecule has 1 aromatic carbocycles. The Bertz CT molecular complexity index is 484. The summed E-state index contributed by atoms with van der Waals surface area (Å²) < 4.78 is 0. The Morgan fingerprint density at radius 2 is 2.00 bits per heavy atom. The van der Waals surface area contributed by atoms with Crippen LogP contribution in [0.5, 0.6) is 0 Å². The molecular weight excluding hydrogens is 216 g/mol. The normalized spacial score (nSPS) is 10.2. The molecule has 0 aliphatic heterocycles. The number of benzene rings is 1. The third-order valence-corrected chi connectivity index (χ3v) is 2.35. The molecule has 0 saturated heterocycles. The second-order valence-electron chi connectivity index (χ2n) is 3.67. The van der Waals surface area contributed by atoms with E-state index < -0.39 is 0 Å². The molecule has 1 aromatic heterocycles. The Labute approximate surface area is 99.6 Å². The molecule has 0 aliphatic carbocycles. The minimum atomic E-state index is 0.0529. The van der Waals surface area contributed by atoms with E-state index >= 15 is 0 Å². The van der Waals surface area contributed by atoms with Crippen molar-refractivity contribution in [1.29, 1.82) is 0 Å². The predicted octanol–water partition coefficient (Wildman–Crippen LogP) is 1.25. The van der Waals surface area contributed by atoms with Gasteiger partial charge in [-0.25, -0.2) is 4.98 Å². The lowest BCUT2D eigenvalue weighted by Gasteiger charge is -2.08. The molecule has 5 heteroatoms. The summed E-state index contributed by atoms with van der Waals surface area (Å²) in [6, 6.07) is 7.98. The van der Waals surface area contributed by atoms with Crippen LogP contribution in [0.15, 0.2) is 30.6 Å². The van der Waals surface area contributed by atoms with Crippen LogP contribution in [0.25, 0.3) is 11.3 Å². The standard InChI is InChI=1S/C12H14N4O/c1-9-2-4-10(5-3-9)11-12(13-6-7-17)14-8-15-16-11/h2-5,8,17H,6-7H2,1H3,(H,13,14,15). The lowest BCUT2D eigenvalue weighted by atomic mass is 10.1. The summed E-state index contributed by atoms with van der Waals surface area (Å²) in [5.41, 5.74) is 2.84. The summed E-state index contributed by atoms with van der Waals surface area (Å²) in [5.74, 6) is 0.637. The topological polar surface area (TPSA) is 70.9 Å². The molecule has 5 nitrogen and oxygen atoms in total. The van der Waals surface area contributed by atoms with Gasteiger partial charge in [0.2, 0.25) is 0 Å². The van der Waals surface area contributed by atoms with Gasteiger partial charge in [-0.2, -0.15) is 0 Å². The summed E-state index contributed by atoms with van der Waals surface area (Å²) >= 11 is 0. The van der Waals surface area contributed by atoms with Gasteiger partial charge < -0.3 is 10.4 Å². The first-order valence-electron chi connectivity index (χ1n) is 5.40. The Morgan fingerprint density at radius 3 is 2.71 bits per heavy atom. The van der Waals surface area contributed by atoms with Gasteiger partial charge in [-0.05, 0) is 6.92 Å². The van der Waals surface area contributed by atoms with Crippen LogP contribution >= 0.6 is 0 Å². The molecular formula is C12H14N4O. The fourth-order valence-electron chi connectivity index (χ4n) is 1.49. The van der Waals surface area contributed by atoms with Gasteiger partial charge in [0.1, 0.15) is 12.0 Å². The van der Waals surface area contributed by atoms with Crippen molar-refractivity contribution < 1.29 is 5.11 Å². The van der Waals surface area contributed by atoms with E-state index in [1.165, 1.54) is 11.9 Å². The van der Waals surface area contributed by atoms with Gasteiger partial charge in [0.25, 0.3) is 0 Å². The van der Waals surface area contributed by atoms with E-state index in [1.54, 1.807) is 0 Å². The van der Waals surface area contributed by atoms with Gasteiger partial charge >= 0.3 is 0 Å². The maximum absolute atomic E-state index is 8.80. The second-order valence-corrected chi connectivity index (χ2v) is 3.67. The maximum Gasteiger partial charge on any atom is 0.156 e. The van der Waals surface area contributed by atoms with Gasteiger partial charge in [0.15, 0.2) is 5.82 Å². The number of anilines is 1. The lowest BCUT2D eigenvalue weighted by molar-refractivity contribution is 0.311. The number of aryl methyl sites for hydroxylation is 1. The van der Waals surface area contributed by atoms with E-state index in [9.17, 15) is 0 Å². The highest BCUT2D eigenvalue weighted by Crippen LogP contribution is 2.22. The maximum atomic E-state index is 8.80. The number of hydrogen-bond acceptors (Lipinski definition) is 5. The number of rotatable bonds is 4. The first-order chi connectivity index (χ1) is 8.31. The quantitative estimate of drug-likeness (QED) is 0.827. The zero-order valence-electron chi connectivity index (χ0n) is 9.59. The van der Waals surface area contributed by atoms with Gasteiger partial charge in [-0.15, -0.1) is 10.2 Å². The number of aliphatic hydroxyl groups is 1. The molecule has 2 N–H and O–H groups in total. The average Bonchev–Trinajstić information content (AvgIpc) is 2.38. The highest BCUT2D eigenvalue weighted by Gasteiger charge is 2.07. The molecule has 0 fully saturated rings. The van der Waals surface area contributed by atoms with Crippen molar-refractivity contribution in [2.75, 3.05) is 18.5 Å². The van der Waals surface area contributed by atoms with Gasteiger partial charge in [-0.3, -0.25) is 0 Å². The van der Waals surface area contributed by atoms with E-state index in [2.05, 4.69) is 20.5 Å². The van der Waals surface area contributed by atoms with Gasteiger partial charge in [-0.1, -0.05) is 29.8 Å². The van der Waals surface area contributed by atoms with Gasteiger partial charge in [0.05, 0.1) is 6.61 Å². The zero-order valence-corrected chi connectivity index (χ0v) is 9.59. The number of hydrogen-bond donors (Lipinski definition) is 2. The minimum absolute atomic E-state index is 0.0529. The lowest BCUT2D eigenvalue weighted by Crippen LogP contribution is -2.09. The van der Waals surface area contributed by atoms with Crippen molar-refractivity contribution in [3.8, 4) is 11.3 Å². The molecule has 0 saturated carbocycles. The van der Waals surface area contributed by atoms with Crippen LogP contribution in [0.1, 0.15) is 5.56 Å². The van der Waals surface area contributed by atoms with E-state index in [4.69, 9.17) is 5.11 Å². The van der Waals surface area contributed by atoms with E-state index in [0.29, 0.717) is 18.1 Å². The Hall–Kier alpha value is -2.01. The molecule has 1 heterocycles. The largest absolute Gasteiger partial charge is 0.395 e. The number of nitrogens with one attached hydrogen (secondary N) is 1. The van der Waals surface area contributed by atoms with Crippen molar-refractivity contribution in [2.45, 2.75) is 6.92 Å². The van der Waals surface area contributed by atoms with Crippen LogP contribution in [0, 0.1) is 6.92 Å². The summed E-state index contributed by atoms with van der Waals surface area (Å²) in [7, 11) is 0. The van der Waals surface area contributed by atoms with E-state index in [-0.39, 0.29) is 6.61 Å². The molecule has 2 rings (SSSR count). The van der Waals surface area contributed by atoms with Crippen molar-refractivity contribution in [1.82, 2.24) is 15.2 Å². The second kappa shape index (κ2) is 5.36. The summed E-state index contributed by atoms with van der Waals surface area (Å²) in [6.07, 6.45) is 1.39. The summed E-state index contributed by atoms with van der Waals surface area (Å²) in [6.45, 7) is 2.53. The third kappa shape index (κ3) is 2.76. The average molecular weight is 230 g/mol. The fraction of sp³-hybridized carbons (Fsp3) is 0.250. The molecule has 88 valence electrons. The van der Waals surface area contributed by atoms with Crippen LogP contribution in [-0.2, 0) is 0 Å². The predicted molar refractivity (Wildman–Crippen MR) is 65.6 cm³/mol. The van der Waals surface area contributed by atoms with Crippen LogP contribution in [0.4, 0.5) is 5.82 Å². The van der Waals surface area contributed by atoms with E-state index in [0.717, 1.165) is 5.56 Å². The zero-order chi connectivity index (χ0) is 12.1. The summed E-state index contributed by atoms with van der Waals surface area (Å²) in [4.78, 5) is 4.12. The van der Waals surface area contributed by atoms with Crippen LogP contribution < -0.4 is 5.32 Å². The molecule has 2 aromatic rings. The summed E-state index contributed by atoms with van der Waals surface area (Å²) in [5, 5.41) is 19.7. The fourth-order valence-corrected chi connectivity index (χ4v) is 1.49. The third-order valence-electron chi connectivity index (χ3n) is 2.35. The molecule has 0 bridgehead atoms. The van der Waals surface area contributed by atoms with Crippen molar-refractivity contribution in [3.05, 3.63) is 36.2 Å². The first kappa shape index (κ1) is 11.5. The molecule has 0 amide bonds. The monoisotopic (exact) mass is 230 g/mol. The Balaban J connectivity index is 2.33.